The van der Waals surface area contributed by atoms with E-state index in [2.05, 4.69) is 32.6 Å². The molecule has 4 heteroatoms. The molecule has 1 heterocycles. The third-order valence-corrected chi connectivity index (χ3v) is 3.08. The van der Waals surface area contributed by atoms with Gasteiger partial charge in [-0.1, -0.05) is 0 Å². The second-order valence-electron chi connectivity index (χ2n) is 5.36. The minimum Gasteiger partial charge on any atom is -0.450 e. The predicted molar refractivity (Wildman–Crippen MR) is 64.5 cm³/mol. The molecule has 0 aromatic carbocycles. The maximum absolute atomic E-state index is 11.7. The Balaban J connectivity index is 2.56. The molecule has 0 aromatic heterocycles. The van der Waals surface area contributed by atoms with Gasteiger partial charge >= 0.3 is 6.09 Å². The quantitative estimate of drug-likeness (QED) is 0.687. The first kappa shape index (κ1) is 13.3. The largest absolute Gasteiger partial charge is 0.450 e. The van der Waals surface area contributed by atoms with Gasteiger partial charge in [0.25, 0.3) is 0 Å². The first-order valence-corrected chi connectivity index (χ1v) is 6.04. The normalized spacial score (nSPS) is 23.3. The van der Waals surface area contributed by atoms with Crippen LogP contribution in [0.25, 0.3) is 0 Å². The first-order valence-electron chi connectivity index (χ1n) is 6.04. The molecule has 1 unspecified atom stereocenters. The molecular formula is C12H24N2O2. The minimum atomic E-state index is -0.177. The number of rotatable bonds is 1. The highest BCUT2D eigenvalue weighted by Crippen LogP contribution is 2.19. The summed E-state index contributed by atoms with van der Waals surface area (Å²) in [4.78, 5) is 15.9. The lowest BCUT2D eigenvalue weighted by molar-refractivity contribution is 0.0211. The molecule has 1 fully saturated rings. The van der Waals surface area contributed by atoms with Gasteiger partial charge in [0.2, 0.25) is 0 Å². The summed E-state index contributed by atoms with van der Waals surface area (Å²) < 4.78 is 5.04. The molecule has 1 saturated heterocycles. The fourth-order valence-electron chi connectivity index (χ4n) is 2.04. The van der Waals surface area contributed by atoms with Crippen LogP contribution in [0.15, 0.2) is 0 Å². The molecule has 1 rings (SSSR count). The van der Waals surface area contributed by atoms with E-state index >= 15 is 0 Å². The van der Waals surface area contributed by atoms with Gasteiger partial charge in [0.15, 0.2) is 0 Å². The van der Waals surface area contributed by atoms with Crippen molar-refractivity contribution in [3.05, 3.63) is 0 Å². The molecule has 1 aliphatic heterocycles. The molecule has 0 spiro atoms. The topological polar surface area (TPSA) is 32.8 Å². The summed E-state index contributed by atoms with van der Waals surface area (Å²) in [5.41, 5.74) is 0.176. The van der Waals surface area contributed by atoms with Crippen LogP contribution in [0.5, 0.6) is 0 Å². The Morgan fingerprint density at radius 1 is 1.38 bits per heavy atom. The van der Waals surface area contributed by atoms with E-state index in [1.165, 1.54) is 0 Å². The number of hydrogen-bond donors (Lipinski definition) is 0. The molecule has 0 bridgehead atoms. The number of hydrogen-bond acceptors (Lipinski definition) is 3. The summed E-state index contributed by atoms with van der Waals surface area (Å²) in [6.45, 7) is 13.6. The van der Waals surface area contributed by atoms with Gasteiger partial charge in [-0.25, -0.2) is 4.79 Å². The van der Waals surface area contributed by atoms with Crippen molar-refractivity contribution in [1.82, 2.24) is 9.80 Å². The Morgan fingerprint density at radius 2 is 2.00 bits per heavy atom. The lowest BCUT2D eigenvalue weighted by Crippen LogP contribution is -2.58. The summed E-state index contributed by atoms with van der Waals surface area (Å²) in [5.74, 6) is 0. The predicted octanol–water partition coefficient (Wildman–Crippen LogP) is 1.95. The Hall–Kier alpha value is -0.770. The molecule has 0 radical (unpaired) electrons. The Labute approximate surface area is 98.5 Å². The van der Waals surface area contributed by atoms with Gasteiger partial charge in [-0.3, -0.25) is 4.90 Å². The average molecular weight is 228 g/mol. The molecule has 1 aliphatic rings. The number of ether oxygens (including phenoxy) is 1. The van der Waals surface area contributed by atoms with Gasteiger partial charge < -0.3 is 9.64 Å². The fraction of sp³-hybridized carbons (Fsp3) is 0.917. The van der Waals surface area contributed by atoms with Gasteiger partial charge in [-0.2, -0.15) is 0 Å². The number of carbonyl (C=O) groups is 1. The van der Waals surface area contributed by atoms with Crippen LogP contribution >= 0.6 is 0 Å². The van der Waals surface area contributed by atoms with Crippen LogP contribution in [0.3, 0.4) is 0 Å². The van der Waals surface area contributed by atoms with Crippen molar-refractivity contribution in [1.29, 1.82) is 0 Å². The van der Waals surface area contributed by atoms with E-state index in [0.717, 1.165) is 19.6 Å². The van der Waals surface area contributed by atoms with Gasteiger partial charge in [0, 0.05) is 31.2 Å². The van der Waals surface area contributed by atoms with Crippen molar-refractivity contribution in [2.24, 2.45) is 0 Å². The standard InChI is InChI=1S/C12H24N2O2/c1-6-16-11(15)14-8-7-13(9-10(14)2)12(3,4)5/h10H,6-9H2,1-5H3. The Bertz CT molecular complexity index is 248. The number of carbonyl (C=O) groups excluding carboxylic acids is 1. The number of nitrogens with zero attached hydrogens (tertiary/aromatic N) is 2. The van der Waals surface area contributed by atoms with Crippen LogP contribution in [0, 0.1) is 0 Å². The van der Waals surface area contributed by atoms with Crippen LogP contribution in [0.2, 0.25) is 0 Å². The van der Waals surface area contributed by atoms with Gasteiger partial charge in [0.1, 0.15) is 0 Å². The van der Waals surface area contributed by atoms with Crippen LogP contribution in [0.4, 0.5) is 4.79 Å². The number of amides is 1. The number of piperazine rings is 1. The second kappa shape index (κ2) is 5.04. The van der Waals surface area contributed by atoms with E-state index < -0.39 is 0 Å². The van der Waals surface area contributed by atoms with Crippen LogP contribution in [0.1, 0.15) is 34.6 Å². The highest BCUT2D eigenvalue weighted by Gasteiger charge is 2.32. The van der Waals surface area contributed by atoms with E-state index in [1.54, 1.807) is 0 Å². The highest BCUT2D eigenvalue weighted by molar-refractivity contribution is 5.68. The summed E-state index contributed by atoms with van der Waals surface area (Å²) in [6, 6.07) is 0.229. The van der Waals surface area contributed by atoms with E-state index in [-0.39, 0.29) is 17.7 Å². The van der Waals surface area contributed by atoms with Crippen LogP contribution < -0.4 is 0 Å². The van der Waals surface area contributed by atoms with Crippen molar-refractivity contribution in [3.63, 3.8) is 0 Å². The molecule has 0 N–H and O–H groups in total. The SMILES string of the molecule is CCOC(=O)N1CCN(C(C)(C)C)CC1C. The summed E-state index contributed by atoms with van der Waals surface area (Å²) >= 11 is 0. The lowest BCUT2D eigenvalue weighted by Gasteiger charge is -2.45. The molecule has 4 nitrogen and oxygen atoms in total. The molecule has 16 heavy (non-hydrogen) atoms. The molecule has 0 aromatic rings. The third-order valence-electron chi connectivity index (χ3n) is 3.08. The van der Waals surface area contributed by atoms with Crippen molar-refractivity contribution in [3.8, 4) is 0 Å². The van der Waals surface area contributed by atoms with Crippen molar-refractivity contribution < 1.29 is 9.53 Å². The maximum atomic E-state index is 11.7. The molecule has 94 valence electrons. The smallest absolute Gasteiger partial charge is 0.410 e. The molecule has 0 aliphatic carbocycles. The summed E-state index contributed by atoms with van der Waals surface area (Å²) in [7, 11) is 0. The second-order valence-corrected chi connectivity index (χ2v) is 5.36. The van der Waals surface area contributed by atoms with Crippen molar-refractivity contribution >= 4 is 6.09 Å². The van der Waals surface area contributed by atoms with Gasteiger partial charge in [-0.05, 0) is 34.6 Å². The van der Waals surface area contributed by atoms with Crippen molar-refractivity contribution in [2.75, 3.05) is 26.2 Å². The maximum Gasteiger partial charge on any atom is 0.410 e. The average Bonchev–Trinajstić information content (AvgIpc) is 2.16. The molecule has 0 saturated carbocycles. The van der Waals surface area contributed by atoms with Crippen LogP contribution in [-0.2, 0) is 4.74 Å². The molecular weight excluding hydrogens is 204 g/mol. The van der Waals surface area contributed by atoms with E-state index in [9.17, 15) is 4.79 Å². The lowest BCUT2D eigenvalue weighted by atomic mass is 10.0. The zero-order valence-corrected chi connectivity index (χ0v) is 11.1. The third kappa shape index (κ3) is 3.11. The van der Waals surface area contributed by atoms with E-state index in [1.807, 2.05) is 11.8 Å². The summed E-state index contributed by atoms with van der Waals surface area (Å²) in [5, 5.41) is 0. The summed E-state index contributed by atoms with van der Waals surface area (Å²) in [6.07, 6.45) is -0.177. The Kier molecular flexibility index (Phi) is 4.19. The first-order chi connectivity index (χ1) is 7.36. The zero-order chi connectivity index (χ0) is 12.3. The zero-order valence-electron chi connectivity index (χ0n) is 11.1. The van der Waals surface area contributed by atoms with E-state index in [0.29, 0.717) is 6.61 Å². The van der Waals surface area contributed by atoms with Crippen LogP contribution in [-0.4, -0.2) is 53.7 Å². The highest BCUT2D eigenvalue weighted by atomic mass is 16.6. The van der Waals surface area contributed by atoms with E-state index in [4.69, 9.17) is 4.74 Å². The van der Waals surface area contributed by atoms with Gasteiger partial charge in [0.05, 0.1) is 6.61 Å². The monoisotopic (exact) mass is 228 g/mol. The fourth-order valence-corrected chi connectivity index (χ4v) is 2.04. The van der Waals surface area contributed by atoms with Gasteiger partial charge in [-0.15, -0.1) is 0 Å². The Morgan fingerprint density at radius 3 is 2.44 bits per heavy atom. The minimum absolute atomic E-state index is 0.176. The van der Waals surface area contributed by atoms with Crippen molar-refractivity contribution in [2.45, 2.75) is 46.2 Å². The molecule has 1 amide bonds. The molecule has 1 atom stereocenters.